The Morgan fingerprint density at radius 3 is 2.70 bits per heavy atom. The minimum Gasteiger partial charge on any atom is -0.298 e. The minimum atomic E-state index is 0.580. The molecule has 0 radical (unpaired) electrons. The Morgan fingerprint density at radius 1 is 1.60 bits per heavy atom. The van der Waals surface area contributed by atoms with Crippen LogP contribution in [-0.2, 0) is 0 Å². The van der Waals surface area contributed by atoms with Crippen molar-refractivity contribution in [3.8, 4) is 0 Å². The maximum absolute atomic E-state index is 3.53. The molecule has 1 fully saturated rings. The Bertz CT molecular complexity index is 93.4. The van der Waals surface area contributed by atoms with Crippen molar-refractivity contribution in [2.45, 2.75) is 38.9 Å². The highest BCUT2D eigenvalue weighted by Crippen LogP contribution is 2.09. The van der Waals surface area contributed by atoms with Gasteiger partial charge in [-0.25, -0.2) is 0 Å². The molecule has 1 N–H and O–H groups in total. The van der Waals surface area contributed by atoms with Crippen LogP contribution in [0.3, 0.4) is 0 Å². The number of hydrogen-bond donors (Lipinski definition) is 1. The van der Waals surface area contributed by atoms with Gasteiger partial charge in [0.2, 0.25) is 0 Å². The van der Waals surface area contributed by atoms with Gasteiger partial charge in [-0.3, -0.25) is 10.2 Å². The van der Waals surface area contributed by atoms with Gasteiger partial charge in [0.1, 0.15) is 0 Å². The van der Waals surface area contributed by atoms with Crippen molar-refractivity contribution in [3.63, 3.8) is 0 Å². The van der Waals surface area contributed by atoms with Gasteiger partial charge in [0, 0.05) is 12.6 Å². The molecule has 0 saturated carbocycles. The summed E-state index contributed by atoms with van der Waals surface area (Å²) < 4.78 is 0. The average Bonchev–Trinajstić information content (AvgIpc) is 2.14. The molecule has 1 aliphatic rings. The van der Waals surface area contributed by atoms with Crippen LogP contribution in [0.2, 0.25) is 0 Å². The summed E-state index contributed by atoms with van der Waals surface area (Å²) in [4.78, 5) is 2.36. The van der Waals surface area contributed by atoms with Crippen molar-refractivity contribution in [1.29, 1.82) is 0 Å². The van der Waals surface area contributed by atoms with Crippen molar-refractivity contribution >= 4 is 0 Å². The van der Waals surface area contributed by atoms with Gasteiger partial charge in [0.05, 0.1) is 6.17 Å². The van der Waals surface area contributed by atoms with E-state index >= 15 is 0 Å². The number of nitrogens with one attached hydrogen (secondary N) is 1. The summed E-state index contributed by atoms with van der Waals surface area (Å²) in [6, 6.07) is 0.741. The molecule has 0 amide bonds. The third-order valence-electron chi connectivity index (χ3n) is 2.28. The molecule has 10 heavy (non-hydrogen) atoms. The summed E-state index contributed by atoms with van der Waals surface area (Å²) in [6.45, 7) is 5.68. The summed E-state index contributed by atoms with van der Waals surface area (Å²) in [5.41, 5.74) is 0. The zero-order valence-electron chi connectivity index (χ0n) is 7.22. The predicted octanol–water partition coefficient (Wildman–Crippen LogP) is 1.04. The minimum absolute atomic E-state index is 0.580. The van der Waals surface area contributed by atoms with E-state index in [0.29, 0.717) is 6.17 Å². The normalized spacial score (nSPS) is 35.1. The molecule has 2 heteroatoms. The molecular formula is C8H18N2. The molecule has 0 bridgehead atoms. The summed E-state index contributed by atoms with van der Waals surface area (Å²) >= 11 is 0. The van der Waals surface area contributed by atoms with Crippen LogP contribution in [0.15, 0.2) is 0 Å². The third kappa shape index (κ3) is 1.70. The standard InChI is InChI=1S/C8H18N2/c1-4-5-8-6-10(3)7(2)9-8/h7-9H,4-6H2,1-3H3. The van der Waals surface area contributed by atoms with Gasteiger partial charge in [-0.1, -0.05) is 13.3 Å². The van der Waals surface area contributed by atoms with Gasteiger partial charge in [0.25, 0.3) is 0 Å². The van der Waals surface area contributed by atoms with Crippen LogP contribution in [-0.4, -0.2) is 30.7 Å². The molecule has 2 unspecified atom stereocenters. The van der Waals surface area contributed by atoms with Crippen LogP contribution in [0.25, 0.3) is 0 Å². The number of nitrogens with zero attached hydrogens (tertiary/aromatic N) is 1. The second-order valence-electron chi connectivity index (χ2n) is 3.27. The van der Waals surface area contributed by atoms with Gasteiger partial charge in [-0.2, -0.15) is 0 Å². The van der Waals surface area contributed by atoms with Crippen LogP contribution < -0.4 is 5.32 Å². The lowest BCUT2D eigenvalue weighted by molar-refractivity contribution is 0.315. The molecule has 0 aromatic heterocycles. The molecule has 1 aliphatic heterocycles. The smallest absolute Gasteiger partial charge is 0.0568 e. The second kappa shape index (κ2) is 3.35. The maximum Gasteiger partial charge on any atom is 0.0568 e. The highest BCUT2D eigenvalue weighted by molar-refractivity contribution is 4.81. The molecule has 0 aromatic rings. The first kappa shape index (κ1) is 8.02. The molecule has 0 spiro atoms. The molecule has 1 heterocycles. The first-order chi connectivity index (χ1) is 4.74. The number of hydrogen-bond acceptors (Lipinski definition) is 2. The Kier molecular flexibility index (Phi) is 2.69. The van der Waals surface area contributed by atoms with Crippen LogP contribution in [0.5, 0.6) is 0 Å². The zero-order chi connectivity index (χ0) is 7.56. The topological polar surface area (TPSA) is 15.3 Å². The van der Waals surface area contributed by atoms with E-state index in [-0.39, 0.29) is 0 Å². The van der Waals surface area contributed by atoms with E-state index < -0.39 is 0 Å². The molecule has 2 atom stereocenters. The first-order valence-electron chi connectivity index (χ1n) is 4.20. The Balaban J connectivity index is 2.27. The summed E-state index contributed by atoms with van der Waals surface area (Å²) in [5, 5.41) is 3.53. The maximum atomic E-state index is 3.53. The SMILES string of the molecule is CCCC1CN(C)C(C)N1. The third-order valence-corrected chi connectivity index (χ3v) is 2.28. The van der Waals surface area contributed by atoms with Crippen LogP contribution in [0, 0.1) is 0 Å². The van der Waals surface area contributed by atoms with Gasteiger partial charge < -0.3 is 0 Å². The quantitative estimate of drug-likeness (QED) is 0.619. The van der Waals surface area contributed by atoms with E-state index in [1.54, 1.807) is 0 Å². The second-order valence-corrected chi connectivity index (χ2v) is 3.27. The lowest BCUT2D eigenvalue weighted by atomic mass is 10.2. The molecular weight excluding hydrogens is 124 g/mol. The molecule has 60 valence electrons. The highest BCUT2D eigenvalue weighted by atomic mass is 15.3. The van der Waals surface area contributed by atoms with E-state index in [9.17, 15) is 0 Å². The molecule has 2 nitrogen and oxygen atoms in total. The molecule has 0 aliphatic carbocycles. The van der Waals surface area contributed by atoms with E-state index in [0.717, 1.165) is 6.04 Å². The lowest BCUT2D eigenvalue weighted by Gasteiger charge is -2.11. The van der Waals surface area contributed by atoms with Crippen molar-refractivity contribution < 1.29 is 0 Å². The Hall–Kier alpha value is -0.0800. The van der Waals surface area contributed by atoms with E-state index in [2.05, 4.69) is 31.1 Å². The largest absolute Gasteiger partial charge is 0.298 e. The van der Waals surface area contributed by atoms with Gasteiger partial charge in [-0.15, -0.1) is 0 Å². The van der Waals surface area contributed by atoms with Crippen molar-refractivity contribution in [2.24, 2.45) is 0 Å². The predicted molar refractivity (Wildman–Crippen MR) is 43.9 cm³/mol. The van der Waals surface area contributed by atoms with Crippen molar-refractivity contribution in [1.82, 2.24) is 10.2 Å². The molecule has 1 rings (SSSR count). The fraction of sp³-hybridized carbons (Fsp3) is 1.00. The van der Waals surface area contributed by atoms with Gasteiger partial charge in [-0.05, 0) is 20.4 Å². The zero-order valence-corrected chi connectivity index (χ0v) is 7.22. The Morgan fingerprint density at radius 2 is 2.30 bits per heavy atom. The lowest BCUT2D eigenvalue weighted by Crippen LogP contribution is -2.31. The summed E-state index contributed by atoms with van der Waals surface area (Å²) in [7, 11) is 2.17. The summed E-state index contributed by atoms with van der Waals surface area (Å²) in [6.07, 6.45) is 3.18. The number of rotatable bonds is 2. The van der Waals surface area contributed by atoms with Crippen LogP contribution in [0.1, 0.15) is 26.7 Å². The van der Waals surface area contributed by atoms with E-state index in [1.165, 1.54) is 19.4 Å². The fourth-order valence-corrected chi connectivity index (χ4v) is 1.55. The molecule has 1 saturated heterocycles. The van der Waals surface area contributed by atoms with Crippen molar-refractivity contribution in [2.75, 3.05) is 13.6 Å². The van der Waals surface area contributed by atoms with Gasteiger partial charge >= 0.3 is 0 Å². The monoisotopic (exact) mass is 142 g/mol. The Labute approximate surface area is 63.6 Å². The molecule has 0 aromatic carbocycles. The van der Waals surface area contributed by atoms with E-state index in [1.807, 2.05) is 0 Å². The fourth-order valence-electron chi connectivity index (χ4n) is 1.55. The van der Waals surface area contributed by atoms with E-state index in [4.69, 9.17) is 0 Å². The first-order valence-corrected chi connectivity index (χ1v) is 4.20. The highest BCUT2D eigenvalue weighted by Gasteiger charge is 2.23. The summed E-state index contributed by atoms with van der Waals surface area (Å²) in [5.74, 6) is 0. The number of likely N-dealkylation sites (N-methyl/N-ethyl adjacent to an activating group) is 1. The van der Waals surface area contributed by atoms with Gasteiger partial charge in [0.15, 0.2) is 0 Å². The van der Waals surface area contributed by atoms with Crippen molar-refractivity contribution in [3.05, 3.63) is 0 Å². The average molecular weight is 142 g/mol. The van der Waals surface area contributed by atoms with Crippen LogP contribution in [0.4, 0.5) is 0 Å². The van der Waals surface area contributed by atoms with Crippen LogP contribution >= 0.6 is 0 Å².